The highest BCUT2D eigenvalue weighted by Crippen LogP contribution is 2.26. The quantitative estimate of drug-likeness (QED) is 0.677. The lowest BCUT2D eigenvalue weighted by Crippen LogP contribution is -2.43. The molecule has 0 aliphatic carbocycles. The Morgan fingerprint density at radius 2 is 2.03 bits per heavy atom. The molecule has 1 aliphatic heterocycles. The molecule has 0 fully saturated rings. The maximum absolute atomic E-state index is 12.8. The van der Waals surface area contributed by atoms with Gasteiger partial charge in [0.25, 0.3) is 0 Å². The number of benzene rings is 1. The maximum atomic E-state index is 12.8. The Labute approximate surface area is 169 Å². The number of fused-ring (bicyclic) bond motifs is 2. The maximum Gasteiger partial charge on any atom is 0.230 e. The van der Waals surface area contributed by atoms with Gasteiger partial charge in [-0.25, -0.2) is 0 Å². The van der Waals surface area contributed by atoms with E-state index in [2.05, 4.69) is 28.4 Å². The van der Waals surface area contributed by atoms with Crippen LogP contribution in [0.1, 0.15) is 36.2 Å². The van der Waals surface area contributed by atoms with Crippen molar-refractivity contribution >= 4 is 22.7 Å². The van der Waals surface area contributed by atoms with Crippen LogP contribution in [0.4, 0.5) is 0 Å². The summed E-state index contributed by atoms with van der Waals surface area (Å²) < 4.78 is 1.99. The van der Waals surface area contributed by atoms with Gasteiger partial charge in [0.2, 0.25) is 11.8 Å². The van der Waals surface area contributed by atoms with E-state index in [-0.39, 0.29) is 11.8 Å². The number of aryl methyl sites for hydroxylation is 2. The van der Waals surface area contributed by atoms with Crippen LogP contribution in [0.5, 0.6) is 0 Å². The van der Waals surface area contributed by atoms with Crippen molar-refractivity contribution in [1.82, 2.24) is 25.0 Å². The second-order valence-electron chi connectivity index (χ2n) is 7.47. The van der Waals surface area contributed by atoms with Crippen LogP contribution in [0.2, 0.25) is 0 Å². The van der Waals surface area contributed by atoms with Crippen molar-refractivity contribution in [3.05, 3.63) is 59.5 Å². The number of pyridine rings is 1. The lowest BCUT2D eigenvalue weighted by molar-refractivity contribution is -0.131. The molecule has 0 saturated heterocycles. The summed E-state index contributed by atoms with van der Waals surface area (Å²) in [7, 11) is 0. The molecule has 2 aromatic heterocycles. The number of carbonyl (C=O) groups excluding carboxylic acids is 2. The number of amides is 2. The molecule has 1 aliphatic rings. The number of aromatic nitrogens is 3. The molecule has 2 amide bonds. The van der Waals surface area contributed by atoms with Crippen molar-refractivity contribution in [2.45, 2.75) is 39.3 Å². The van der Waals surface area contributed by atoms with E-state index in [9.17, 15) is 9.59 Å². The van der Waals surface area contributed by atoms with E-state index in [1.54, 1.807) is 11.1 Å². The fraction of sp³-hybridized carbons (Fsp3) is 0.364. The molecule has 150 valence electrons. The van der Waals surface area contributed by atoms with Crippen LogP contribution >= 0.6 is 0 Å². The molecular formula is C22H25N5O2. The first kappa shape index (κ1) is 19.1. The fourth-order valence-corrected chi connectivity index (χ4v) is 3.91. The second kappa shape index (κ2) is 8.03. The van der Waals surface area contributed by atoms with Crippen molar-refractivity contribution < 1.29 is 9.59 Å². The summed E-state index contributed by atoms with van der Waals surface area (Å²) in [4.78, 5) is 30.8. The van der Waals surface area contributed by atoms with E-state index < -0.39 is 5.92 Å². The van der Waals surface area contributed by atoms with E-state index in [1.165, 1.54) is 6.92 Å². The normalized spacial score (nSPS) is 15.9. The predicted molar refractivity (Wildman–Crippen MR) is 110 cm³/mol. The van der Waals surface area contributed by atoms with Crippen LogP contribution in [-0.2, 0) is 22.7 Å². The zero-order valence-electron chi connectivity index (χ0n) is 16.8. The lowest BCUT2D eigenvalue weighted by Gasteiger charge is -2.32. The number of carbonyl (C=O) groups is 2. The smallest absolute Gasteiger partial charge is 0.230 e. The molecule has 0 bridgehead atoms. The van der Waals surface area contributed by atoms with Gasteiger partial charge in [0, 0.05) is 50.4 Å². The lowest BCUT2D eigenvalue weighted by atomic mass is 9.94. The predicted octanol–water partition coefficient (Wildman–Crippen LogP) is 2.39. The first-order chi connectivity index (χ1) is 14.0. The summed E-state index contributed by atoms with van der Waals surface area (Å²) >= 11 is 0. The summed E-state index contributed by atoms with van der Waals surface area (Å²) in [6.45, 7) is 5.76. The van der Waals surface area contributed by atoms with Crippen molar-refractivity contribution in [3.8, 4) is 0 Å². The largest absolute Gasteiger partial charge is 0.355 e. The minimum absolute atomic E-state index is 0.0291. The number of nitrogens with one attached hydrogen (secondary N) is 1. The molecular weight excluding hydrogens is 366 g/mol. The molecule has 4 rings (SSSR count). The molecule has 0 spiro atoms. The standard InChI is InChI=1S/C22H25N5O2/c1-15-18-8-3-4-9-20(18)25-27(15)12-6-11-24-22(29)19-14-26(16(2)28)13-17-7-5-10-23-21(17)19/h3-5,7-10,19H,6,11-14H2,1-2H3,(H,24,29). The van der Waals surface area contributed by atoms with Crippen molar-refractivity contribution in [3.63, 3.8) is 0 Å². The summed E-state index contributed by atoms with van der Waals surface area (Å²) in [5, 5.41) is 8.80. The van der Waals surface area contributed by atoms with E-state index in [0.29, 0.717) is 19.6 Å². The Morgan fingerprint density at radius 3 is 2.83 bits per heavy atom. The summed E-state index contributed by atoms with van der Waals surface area (Å²) in [6.07, 6.45) is 2.48. The molecule has 1 unspecified atom stereocenters. The third-order valence-corrected chi connectivity index (χ3v) is 5.54. The van der Waals surface area contributed by atoms with E-state index in [0.717, 1.165) is 40.8 Å². The highest BCUT2D eigenvalue weighted by atomic mass is 16.2. The molecule has 1 N–H and O–H groups in total. The second-order valence-corrected chi connectivity index (χ2v) is 7.47. The Bertz CT molecular complexity index is 1060. The highest BCUT2D eigenvalue weighted by Gasteiger charge is 2.32. The number of nitrogens with zero attached hydrogens (tertiary/aromatic N) is 4. The molecule has 0 saturated carbocycles. The summed E-state index contributed by atoms with van der Waals surface area (Å²) in [5.41, 5.74) is 3.84. The van der Waals surface area contributed by atoms with Crippen molar-refractivity contribution in [2.24, 2.45) is 0 Å². The Hall–Kier alpha value is -3.22. The summed E-state index contributed by atoms with van der Waals surface area (Å²) in [6, 6.07) is 11.9. The Kier molecular flexibility index (Phi) is 5.29. The highest BCUT2D eigenvalue weighted by molar-refractivity contribution is 5.85. The molecule has 3 aromatic rings. The molecule has 7 heteroatoms. The van der Waals surface area contributed by atoms with Gasteiger partial charge in [-0.2, -0.15) is 5.10 Å². The van der Waals surface area contributed by atoms with Crippen molar-refractivity contribution in [1.29, 1.82) is 0 Å². The number of hydrogen-bond donors (Lipinski definition) is 1. The van der Waals surface area contributed by atoms with Gasteiger partial charge in [0.1, 0.15) is 0 Å². The SMILES string of the molecule is CC(=O)N1Cc2cccnc2C(C(=O)NCCCn2nc3ccccc3c2C)C1. The summed E-state index contributed by atoms with van der Waals surface area (Å²) in [5.74, 6) is -0.547. The van der Waals surface area contributed by atoms with Gasteiger partial charge in [-0.1, -0.05) is 24.3 Å². The minimum Gasteiger partial charge on any atom is -0.355 e. The Morgan fingerprint density at radius 1 is 1.21 bits per heavy atom. The van der Waals surface area contributed by atoms with Crippen LogP contribution in [0.15, 0.2) is 42.6 Å². The van der Waals surface area contributed by atoms with Gasteiger partial charge in [0.15, 0.2) is 0 Å². The Balaban J connectivity index is 1.38. The van der Waals surface area contributed by atoms with Crippen LogP contribution in [0.25, 0.3) is 10.9 Å². The number of rotatable bonds is 5. The van der Waals surface area contributed by atoms with Gasteiger partial charge in [-0.15, -0.1) is 0 Å². The first-order valence-electron chi connectivity index (χ1n) is 9.93. The van der Waals surface area contributed by atoms with Crippen LogP contribution in [0.3, 0.4) is 0 Å². The molecule has 29 heavy (non-hydrogen) atoms. The molecule has 1 atom stereocenters. The van der Waals surface area contributed by atoms with E-state index in [1.807, 2.05) is 35.0 Å². The van der Waals surface area contributed by atoms with Gasteiger partial charge in [0.05, 0.1) is 17.1 Å². The first-order valence-corrected chi connectivity index (χ1v) is 9.93. The van der Waals surface area contributed by atoms with Gasteiger partial charge >= 0.3 is 0 Å². The van der Waals surface area contributed by atoms with Gasteiger partial charge in [-0.3, -0.25) is 19.3 Å². The monoisotopic (exact) mass is 391 g/mol. The van der Waals surface area contributed by atoms with Crippen LogP contribution in [0, 0.1) is 6.92 Å². The van der Waals surface area contributed by atoms with Crippen molar-refractivity contribution in [2.75, 3.05) is 13.1 Å². The number of hydrogen-bond acceptors (Lipinski definition) is 4. The fourth-order valence-electron chi connectivity index (χ4n) is 3.91. The molecule has 0 radical (unpaired) electrons. The third kappa shape index (κ3) is 3.85. The van der Waals surface area contributed by atoms with E-state index >= 15 is 0 Å². The van der Waals surface area contributed by atoms with Crippen LogP contribution in [-0.4, -0.2) is 44.6 Å². The topological polar surface area (TPSA) is 80.1 Å². The molecule has 3 heterocycles. The van der Waals surface area contributed by atoms with E-state index in [4.69, 9.17) is 0 Å². The minimum atomic E-state index is -0.433. The molecule has 1 aromatic carbocycles. The molecule has 7 nitrogen and oxygen atoms in total. The van der Waals surface area contributed by atoms with Gasteiger partial charge < -0.3 is 10.2 Å². The zero-order chi connectivity index (χ0) is 20.4. The average Bonchev–Trinajstić information content (AvgIpc) is 3.06. The average molecular weight is 391 g/mol. The van der Waals surface area contributed by atoms with Gasteiger partial charge in [-0.05, 0) is 31.0 Å². The third-order valence-electron chi connectivity index (χ3n) is 5.54. The van der Waals surface area contributed by atoms with Crippen LogP contribution < -0.4 is 5.32 Å². The zero-order valence-corrected chi connectivity index (χ0v) is 16.8.